The second-order valence-corrected chi connectivity index (χ2v) is 1.50. The van der Waals surface area contributed by atoms with Gasteiger partial charge in [-0.3, -0.25) is 4.98 Å². The number of carbonyl (C=O) groups is 1. The Balaban J connectivity index is 0.000000810. The summed E-state index contributed by atoms with van der Waals surface area (Å²) in [6, 6.07) is 4.62. The molecule has 0 fully saturated rings. The van der Waals surface area contributed by atoms with Crippen molar-refractivity contribution in [3.05, 3.63) is 30.1 Å². The molecule has 1 rings (SSSR count). The van der Waals surface area contributed by atoms with E-state index < -0.39 is 5.97 Å². The first-order chi connectivity index (χ1) is 4.30. The maximum atomic E-state index is 10.0. The third-order valence-corrected chi connectivity index (χ3v) is 0.874. The summed E-state index contributed by atoms with van der Waals surface area (Å²) >= 11 is 0. The third-order valence-electron chi connectivity index (χ3n) is 0.874. The predicted molar refractivity (Wildman–Crippen MR) is 28.6 cm³/mol. The van der Waals surface area contributed by atoms with Crippen LogP contribution in [0.1, 0.15) is 10.5 Å². The quantitative estimate of drug-likeness (QED) is 0.401. The predicted octanol–water partition coefficient (Wildman–Crippen LogP) is -3.55. The van der Waals surface area contributed by atoms with E-state index in [2.05, 4.69) is 4.98 Å². The summed E-state index contributed by atoms with van der Waals surface area (Å²) in [6.07, 6.45) is 1.41. The van der Waals surface area contributed by atoms with Crippen LogP contribution in [0.15, 0.2) is 24.4 Å². The van der Waals surface area contributed by atoms with E-state index in [0.29, 0.717) is 0 Å². The monoisotopic (exact) mass is 161 g/mol. The minimum Gasteiger partial charge on any atom is -0.543 e. The van der Waals surface area contributed by atoms with E-state index in [1.165, 1.54) is 12.3 Å². The van der Waals surface area contributed by atoms with E-state index in [1.807, 2.05) is 0 Å². The van der Waals surface area contributed by atoms with Gasteiger partial charge in [-0.05, 0) is 12.1 Å². The smallest absolute Gasteiger partial charge is 0.543 e. The summed E-state index contributed by atoms with van der Waals surface area (Å²) in [5.41, 5.74) is -0.0301. The van der Waals surface area contributed by atoms with Crippen molar-refractivity contribution in [2.24, 2.45) is 0 Å². The van der Waals surface area contributed by atoms with Gasteiger partial charge in [0.2, 0.25) is 0 Å². The molecule has 0 spiro atoms. The number of carboxylic acids is 1. The molecular weight excluding hydrogens is 157 g/mol. The molecule has 1 heterocycles. The van der Waals surface area contributed by atoms with Crippen LogP contribution < -0.4 is 56.5 Å². The number of aromatic carboxylic acids is 1. The molecule has 46 valence electrons. The van der Waals surface area contributed by atoms with Crippen molar-refractivity contribution in [1.82, 2.24) is 4.98 Å². The van der Waals surface area contributed by atoms with Crippen molar-refractivity contribution in [3.8, 4) is 0 Å². The zero-order valence-corrected chi connectivity index (χ0v) is 8.70. The van der Waals surface area contributed by atoms with E-state index in [0.717, 1.165) is 0 Å². The normalized spacial score (nSPS) is 8.00. The van der Waals surface area contributed by atoms with Crippen LogP contribution in [-0.4, -0.2) is 11.0 Å². The van der Waals surface area contributed by atoms with E-state index in [9.17, 15) is 9.90 Å². The van der Waals surface area contributed by atoms with Gasteiger partial charge in [0.15, 0.2) is 0 Å². The van der Waals surface area contributed by atoms with Crippen LogP contribution in [-0.2, 0) is 0 Å². The molecule has 0 unspecified atom stereocenters. The first kappa shape index (κ1) is 10.3. The largest absolute Gasteiger partial charge is 1.00 e. The van der Waals surface area contributed by atoms with E-state index >= 15 is 0 Å². The van der Waals surface area contributed by atoms with E-state index in [1.54, 1.807) is 12.1 Å². The molecular formula is C6H4KNO2. The number of carbonyl (C=O) groups excluding carboxylic acids is 1. The van der Waals surface area contributed by atoms with Crippen molar-refractivity contribution in [1.29, 1.82) is 0 Å². The Morgan fingerprint density at radius 2 is 2.20 bits per heavy atom. The molecule has 0 aliphatic carbocycles. The van der Waals surface area contributed by atoms with Gasteiger partial charge in [-0.1, -0.05) is 6.07 Å². The number of aromatic nitrogens is 1. The number of pyridine rings is 1. The average molecular weight is 161 g/mol. The maximum absolute atomic E-state index is 10.0. The van der Waals surface area contributed by atoms with E-state index in [4.69, 9.17) is 0 Å². The summed E-state index contributed by atoms with van der Waals surface area (Å²) < 4.78 is 0. The minimum absolute atomic E-state index is 0. The SMILES string of the molecule is O=C([O-])c1ccccn1.[K+]. The Morgan fingerprint density at radius 1 is 1.50 bits per heavy atom. The molecule has 0 bridgehead atoms. The Bertz CT molecular complexity index is 212. The Kier molecular flexibility index (Phi) is 5.11. The van der Waals surface area contributed by atoms with Crippen molar-refractivity contribution in [3.63, 3.8) is 0 Å². The molecule has 0 radical (unpaired) electrons. The second-order valence-electron chi connectivity index (χ2n) is 1.50. The van der Waals surface area contributed by atoms with Crippen LogP contribution in [0, 0.1) is 0 Å². The van der Waals surface area contributed by atoms with Gasteiger partial charge in [-0.15, -0.1) is 0 Å². The Hall–Kier alpha value is 0.256. The van der Waals surface area contributed by atoms with Crippen LogP contribution in [0.4, 0.5) is 0 Å². The van der Waals surface area contributed by atoms with Crippen LogP contribution in [0.2, 0.25) is 0 Å². The van der Waals surface area contributed by atoms with Crippen molar-refractivity contribution >= 4 is 5.97 Å². The summed E-state index contributed by atoms with van der Waals surface area (Å²) in [5.74, 6) is -1.24. The third kappa shape index (κ3) is 2.89. The molecule has 10 heavy (non-hydrogen) atoms. The van der Waals surface area contributed by atoms with Crippen LogP contribution >= 0.6 is 0 Å². The molecule has 0 N–H and O–H groups in total. The van der Waals surface area contributed by atoms with Gasteiger partial charge in [0.1, 0.15) is 0 Å². The Morgan fingerprint density at radius 3 is 2.50 bits per heavy atom. The topological polar surface area (TPSA) is 53.0 Å². The summed E-state index contributed by atoms with van der Waals surface area (Å²) in [7, 11) is 0. The zero-order chi connectivity index (χ0) is 6.69. The molecule has 1 aromatic rings. The van der Waals surface area contributed by atoms with Gasteiger partial charge < -0.3 is 9.90 Å². The fraction of sp³-hybridized carbons (Fsp3) is 0. The van der Waals surface area contributed by atoms with Gasteiger partial charge in [0.05, 0.1) is 11.7 Å². The average Bonchev–Trinajstić information content (AvgIpc) is 1.90. The Labute approximate surface area is 101 Å². The van der Waals surface area contributed by atoms with Crippen LogP contribution in [0.25, 0.3) is 0 Å². The van der Waals surface area contributed by atoms with Gasteiger partial charge in [0.25, 0.3) is 0 Å². The van der Waals surface area contributed by atoms with Crippen LogP contribution in [0.3, 0.4) is 0 Å². The minimum atomic E-state index is -1.24. The number of rotatable bonds is 1. The first-order valence-electron chi connectivity index (χ1n) is 2.43. The molecule has 0 aliphatic heterocycles. The molecule has 0 saturated heterocycles. The number of carboxylic acid groups (broad SMARTS) is 1. The van der Waals surface area contributed by atoms with E-state index in [-0.39, 0.29) is 57.1 Å². The molecule has 0 atom stereocenters. The van der Waals surface area contributed by atoms with Crippen molar-refractivity contribution < 1.29 is 61.3 Å². The van der Waals surface area contributed by atoms with Gasteiger partial charge in [0, 0.05) is 6.20 Å². The molecule has 0 aliphatic rings. The zero-order valence-electron chi connectivity index (χ0n) is 5.57. The van der Waals surface area contributed by atoms with Gasteiger partial charge >= 0.3 is 51.4 Å². The maximum Gasteiger partial charge on any atom is 1.00 e. The van der Waals surface area contributed by atoms with Crippen molar-refractivity contribution in [2.75, 3.05) is 0 Å². The molecule has 0 saturated carbocycles. The molecule has 4 heteroatoms. The van der Waals surface area contributed by atoms with Gasteiger partial charge in [-0.25, -0.2) is 0 Å². The number of nitrogens with zero attached hydrogens (tertiary/aromatic N) is 1. The molecule has 3 nitrogen and oxygen atoms in total. The van der Waals surface area contributed by atoms with Crippen LogP contribution in [0.5, 0.6) is 0 Å². The molecule has 1 aromatic heterocycles. The van der Waals surface area contributed by atoms with Crippen molar-refractivity contribution in [2.45, 2.75) is 0 Å². The summed E-state index contributed by atoms with van der Waals surface area (Å²) in [4.78, 5) is 13.5. The molecule has 0 aromatic carbocycles. The number of hydrogen-bond acceptors (Lipinski definition) is 3. The number of hydrogen-bond donors (Lipinski definition) is 0. The first-order valence-corrected chi connectivity index (χ1v) is 2.43. The fourth-order valence-corrected chi connectivity index (χ4v) is 0.484. The summed E-state index contributed by atoms with van der Waals surface area (Å²) in [6.45, 7) is 0. The summed E-state index contributed by atoms with van der Waals surface area (Å²) in [5, 5.41) is 10.0. The second kappa shape index (κ2) is 4.98. The molecule has 0 amide bonds. The standard InChI is InChI=1S/C6H5NO2.K/c8-6(9)5-3-1-2-4-7-5;/h1-4H,(H,8,9);/q;+1/p-1. The fourth-order valence-electron chi connectivity index (χ4n) is 0.484. The van der Waals surface area contributed by atoms with Gasteiger partial charge in [-0.2, -0.15) is 0 Å².